The van der Waals surface area contributed by atoms with Gasteiger partial charge in [-0.05, 0) is 58.0 Å². The maximum absolute atomic E-state index is 14.1. The zero-order valence-electron chi connectivity index (χ0n) is 13.2. The molecule has 0 spiro atoms. The highest BCUT2D eigenvalue weighted by Gasteiger charge is 2.17. The molecule has 0 aromatic heterocycles. The fourth-order valence-corrected chi connectivity index (χ4v) is 2.82. The van der Waals surface area contributed by atoms with Gasteiger partial charge in [0.25, 0.3) is 0 Å². The van der Waals surface area contributed by atoms with Crippen LogP contribution in [0.1, 0.15) is 44.7 Å². The summed E-state index contributed by atoms with van der Waals surface area (Å²) in [5.41, 5.74) is 0.646. The zero-order chi connectivity index (χ0) is 15.1. The van der Waals surface area contributed by atoms with Crippen LogP contribution in [0.3, 0.4) is 0 Å². The van der Waals surface area contributed by atoms with Gasteiger partial charge in [-0.25, -0.2) is 4.39 Å². The topological polar surface area (TPSA) is 24.5 Å². The van der Waals surface area contributed by atoms with Crippen molar-refractivity contribution in [1.82, 2.24) is 10.2 Å². The summed E-state index contributed by atoms with van der Waals surface area (Å²) in [5.74, 6) is 0.482. The van der Waals surface area contributed by atoms with Crippen molar-refractivity contribution in [2.45, 2.75) is 39.2 Å². The summed E-state index contributed by atoms with van der Waals surface area (Å²) in [7, 11) is 0. The fourth-order valence-electron chi connectivity index (χ4n) is 2.82. The molecule has 1 aliphatic rings. The molecule has 1 saturated heterocycles. The summed E-state index contributed by atoms with van der Waals surface area (Å²) >= 11 is 0. The maximum Gasteiger partial charge on any atom is 0.131 e. The van der Waals surface area contributed by atoms with Crippen molar-refractivity contribution in [3.63, 3.8) is 0 Å². The van der Waals surface area contributed by atoms with Crippen LogP contribution in [-0.2, 0) is 0 Å². The first-order valence-corrected chi connectivity index (χ1v) is 8.09. The van der Waals surface area contributed by atoms with Gasteiger partial charge in [0.2, 0.25) is 0 Å². The molecule has 2 rings (SSSR count). The standard InChI is InChI=1S/C17H27FN2O/c1-3-9-19-14(2)17-15(18)7-6-8-16(17)21-13-12-20-10-4-5-11-20/h6-8,14,19H,3-5,9-13H2,1-2H3. The summed E-state index contributed by atoms with van der Waals surface area (Å²) in [6.45, 7) is 8.84. The highest BCUT2D eigenvalue weighted by atomic mass is 19.1. The molecule has 1 fully saturated rings. The molecule has 0 aliphatic carbocycles. The highest BCUT2D eigenvalue weighted by molar-refractivity contribution is 5.37. The van der Waals surface area contributed by atoms with Crippen molar-refractivity contribution < 1.29 is 9.13 Å². The molecule has 118 valence electrons. The number of halogens is 1. The van der Waals surface area contributed by atoms with E-state index in [0.717, 1.165) is 32.6 Å². The lowest BCUT2D eigenvalue weighted by Gasteiger charge is -2.20. The molecule has 1 aliphatic heterocycles. The molecule has 3 nitrogen and oxygen atoms in total. The van der Waals surface area contributed by atoms with Gasteiger partial charge in [0, 0.05) is 18.2 Å². The van der Waals surface area contributed by atoms with Crippen molar-refractivity contribution in [3.8, 4) is 5.75 Å². The van der Waals surface area contributed by atoms with Gasteiger partial charge in [0.15, 0.2) is 0 Å². The van der Waals surface area contributed by atoms with Crippen LogP contribution in [0.2, 0.25) is 0 Å². The molecule has 1 atom stereocenters. The summed E-state index contributed by atoms with van der Waals surface area (Å²) in [6, 6.07) is 5.06. The maximum atomic E-state index is 14.1. The Balaban J connectivity index is 1.95. The Morgan fingerprint density at radius 2 is 2.10 bits per heavy atom. The van der Waals surface area contributed by atoms with Gasteiger partial charge >= 0.3 is 0 Å². The van der Waals surface area contributed by atoms with E-state index in [0.29, 0.717) is 17.9 Å². The Bertz CT molecular complexity index is 433. The van der Waals surface area contributed by atoms with Gasteiger partial charge in [-0.15, -0.1) is 0 Å². The average Bonchev–Trinajstić information content (AvgIpc) is 2.98. The summed E-state index contributed by atoms with van der Waals surface area (Å²) in [4.78, 5) is 2.40. The molecule has 1 N–H and O–H groups in total. The highest BCUT2D eigenvalue weighted by Crippen LogP contribution is 2.28. The van der Waals surface area contributed by atoms with E-state index in [2.05, 4.69) is 17.1 Å². The van der Waals surface area contributed by atoms with E-state index in [-0.39, 0.29) is 11.9 Å². The summed E-state index contributed by atoms with van der Waals surface area (Å²) < 4.78 is 20.0. The van der Waals surface area contributed by atoms with Crippen LogP contribution in [0.4, 0.5) is 4.39 Å². The molecule has 0 radical (unpaired) electrons. The van der Waals surface area contributed by atoms with Gasteiger partial charge in [0.1, 0.15) is 18.2 Å². The molecule has 1 unspecified atom stereocenters. The fraction of sp³-hybridized carbons (Fsp3) is 0.647. The quantitative estimate of drug-likeness (QED) is 0.795. The van der Waals surface area contributed by atoms with E-state index in [1.807, 2.05) is 13.0 Å². The lowest BCUT2D eigenvalue weighted by molar-refractivity contribution is 0.234. The van der Waals surface area contributed by atoms with E-state index in [1.54, 1.807) is 6.07 Å². The lowest BCUT2D eigenvalue weighted by Crippen LogP contribution is -2.26. The zero-order valence-corrected chi connectivity index (χ0v) is 13.2. The number of likely N-dealkylation sites (tertiary alicyclic amines) is 1. The van der Waals surface area contributed by atoms with E-state index < -0.39 is 0 Å². The van der Waals surface area contributed by atoms with Gasteiger partial charge in [0.05, 0.1) is 0 Å². The van der Waals surface area contributed by atoms with Crippen molar-refractivity contribution in [2.75, 3.05) is 32.8 Å². The third-order valence-corrected chi connectivity index (χ3v) is 4.01. The van der Waals surface area contributed by atoms with Crippen molar-refractivity contribution in [2.24, 2.45) is 0 Å². The Hall–Kier alpha value is -1.13. The van der Waals surface area contributed by atoms with E-state index in [1.165, 1.54) is 18.9 Å². The predicted molar refractivity (Wildman–Crippen MR) is 84.3 cm³/mol. The largest absolute Gasteiger partial charge is 0.492 e. The first-order chi connectivity index (χ1) is 10.2. The second-order valence-electron chi connectivity index (χ2n) is 5.72. The van der Waals surface area contributed by atoms with Crippen molar-refractivity contribution >= 4 is 0 Å². The molecule has 1 heterocycles. The molecule has 1 aromatic rings. The number of benzene rings is 1. The Labute approximate surface area is 127 Å². The molecular formula is C17H27FN2O. The second kappa shape index (κ2) is 8.35. The first kappa shape index (κ1) is 16.2. The number of nitrogens with one attached hydrogen (secondary N) is 1. The average molecular weight is 294 g/mol. The molecule has 0 bridgehead atoms. The van der Waals surface area contributed by atoms with Crippen LogP contribution in [-0.4, -0.2) is 37.7 Å². The minimum atomic E-state index is -0.190. The Kier molecular flexibility index (Phi) is 6.46. The molecule has 1 aromatic carbocycles. The van der Waals surface area contributed by atoms with Gasteiger partial charge < -0.3 is 10.1 Å². The molecule has 4 heteroatoms. The van der Waals surface area contributed by atoms with Crippen LogP contribution in [0, 0.1) is 5.82 Å². The van der Waals surface area contributed by atoms with Crippen LogP contribution in [0.15, 0.2) is 18.2 Å². The number of hydrogen-bond donors (Lipinski definition) is 1. The van der Waals surface area contributed by atoms with E-state index in [9.17, 15) is 4.39 Å². The minimum Gasteiger partial charge on any atom is -0.492 e. The molecule has 0 amide bonds. The van der Waals surface area contributed by atoms with Gasteiger partial charge in [-0.1, -0.05) is 13.0 Å². The minimum absolute atomic E-state index is 0.0343. The second-order valence-corrected chi connectivity index (χ2v) is 5.72. The SMILES string of the molecule is CCCNC(C)c1c(F)cccc1OCCN1CCCC1. The van der Waals surface area contributed by atoms with Crippen LogP contribution >= 0.6 is 0 Å². The summed E-state index contributed by atoms with van der Waals surface area (Å²) in [5, 5.41) is 3.33. The van der Waals surface area contributed by atoms with E-state index in [4.69, 9.17) is 4.74 Å². The van der Waals surface area contributed by atoms with Gasteiger partial charge in [-0.2, -0.15) is 0 Å². The normalized spacial score (nSPS) is 17.1. The molecular weight excluding hydrogens is 267 g/mol. The van der Waals surface area contributed by atoms with Crippen LogP contribution in [0.5, 0.6) is 5.75 Å². The number of nitrogens with zero attached hydrogens (tertiary/aromatic N) is 1. The van der Waals surface area contributed by atoms with Crippen molar-refractivity contribution in [3.05, 3.63) is 29.6 Å². The van der Waals surface area contributed by atoms with Gasteiger partial charge in [-0.3, -0.25) is 4.90 Å². The third kappa shape index (κ3) is 4.68. The summed E-state index contributed by atoms with van der Waals surface area (Å²) in [6.07, 6.45) is 3.59. The first-order valence-electron chi connectivity index (χ1n) is 8.09. The lowest BCUT2D eigenvalue weighted by atomic mass is 10.1. The molecule has 0 saturated carbocycles. The number of hydrogen-bond acceptors (Lipinski definition) is 3. The Morgan fingerprint density at radius 3 is 2.81 bits per heavy atom. The predicted octanol–water partition coefficient (Wildman–Crippen LogP) is 3.36. The van der Waals surface area contributed by atoms with Crippen molar-refractivity contribution in [1.29, 1.82) is 0 Å². The molecule has 21 heavy (non-hydrogen) atoms. The monoisotopic (exact) mass is 294 g/mol. The van der Waals surface area contributed by atoms with E-state index >= 15 is 0 Å². The third-order valence-electron chi connectivity index (χ3n) is 4.01. The van der Waals surface area contributed by atoms with Crippen LogP contribution in [0.25, 0.3) is 0 Å². The Morgan fingerprint density at radius 1 is 1.33 bits per heavy atom. The number of ether oxygens (including phenoxy) is 1. The smallest absolute Gasteiger partial charge is 0.131 e. The van der Waals surface area contributed by atoms with Crippen LogP contribution < -0.4 is 10.1 Å². The number of rotatable bonds is 8.